The summed E-state index contributed by atoms with van der Waals surface area (Å²) in [5.74, 6) is 0.244. The normalized spacial score (nSPS) is 20.0. The van der Waals surface area contributed by atoms with E-state index in [1.54, 1.807) is 0 Å². The zero-order chi connectivity index (χ0) is 16.2. The molecule has 1 aliphatic heterocycles. The molecule has 2 atom stereocenters. The van der Waals surface area contributed by atoms with E-state index in [1.165, 1.54) is 36.5 Å². The van der Waals surface area contributed by atoms with E-state index in [9.17, 15) is 8.76 Å². The fraction of sp³-hybridized carbons (Fsp3) is 0.500. The smallest absolute Gasteiger partial charge is 0.154 e. The molecule has 0 radical (unpaired) electrons. The highest BCUT2D eigenvalue weighted by molar-refractivity contribution is 7.78. The fourth-order valence-corrected chi connectivity index (χ4v) is 4.05. The van der Waals surface area contributed by atoms with Gasteiger partial charge in [0.25, 0.3) is 0 Å². The minimum atomic E-state index is -2.14. The van der Waals surface area contributed by atoms with Gasteiger partial charge in [0.1, 0.15) is 5.01 Å². The van der Waals surface area contributed by atoms with E-state index in [2.05, 4.69) is 33.3 Å². The van der Waals surface area contributed by atoms with Crippen LogP contribution < -0.4 is 0 Å². The van der Waals surface area contributed by atoms with Gasteiger partial charge in [0.05, 0.1) is 5.75 Å². The minimum absolute atomic E-state index is 0.122. The van der Waals surface area contributed by atoms with Crippen LogP contribution in [-0.2, 0) is 23.3 Å². The number of rotatable bonds is 6. The first-order valence-corrected chi connectivity index (χ1v) is 9.85. The van der Waals surface area contributed by atoms with Crippen molar-refractivity contribution in [3.05, 3.63) is 35.7 Å². The molecule has 1 aromatic carbocycles. The van der Waals surface area contributed by atoms with Crippen LogP contribution in [0.25, 0.3) is 10.6 Å². The molecule has 0 aliphatic carbocycles. The van der Waals surface area contributed by atoms with Gasteiger partial charge in [-0.1, -0.05) is 24.3 Å². The highest BCUT2D eigenvalue weighted by Crippen LogP contribution is 2.23. The summed E-state index contributed by atoms with van der Waals surface area (Å²) >= 11 is -0.902. The molecule has 1 saturated heterocycles. The molecule has 7 heteroatoms. The summed E-state index contributed by atoms with van der Waals surface area (Å²) in [5.41, 5.74) is 2.31. The molecule has 2 heterocycles. The zero-order valence-corrected chi connectivity index (χ0v) is 14.7. The second-order valence-corrected chi connectivity index (χ2v) is 7.59. The Bertz CT molecular complexity index is 672. The Morgan fingerprint density at radius 1 is 1.39 bits per heavy atom. The van der Waals surface area contributed by atoms with Crippen molar-refractivity contribution < 1.29 is 8.76 Å². The molecule has 1 aromatic heterocycles. The number of benzene rings is 1. The van der Waals surface area contributed by atoms with Crippen molar-refractivity contribution in [3.63, 3.8) is 0 Å². The van der Waals surface area contributed by atoms with E-state index in [0.29, 0.717) is 11.9 Å². The van der Waals surface area contributed by atoms with Gasteiger partial charge in [-0.25, -0.2) is 4.98 Å². The quantitative estimate of drug-likeness (QED) is 0.749. The Morgan fingerprint density at radius 2 is 2.17 bits per heavy atom. The predicted octanol–water partition coefficient (Wildman–Crippen LogP) is 2.61. The molecule has 23 heavy (non-hydrogen) atoms. The first-order valence-electron chi connectivity index (χ1n) is 7.83. The van der Waals surface area contributed by atoms with Gasteiger partial charge in [-0.2, -0.15) is 4.37 Å². The van der Waals surface area contributed by atoms with Gasteiger partial charge < -0.3 is 9.45 Å². The molecule has 124 valence electrons. The van der Waals surface area contributed by atoms with Crippen molar-refractivity contribution in [2.45, 2.75) is 38.0 Å². The third kappa shape index (κ3) is 4.44. The third-order valence-corrected chi connectivity index (χ3v) is 5.59. The van der Waals surface area contributed by atoms with E-state index in [-0.39, 0.29) is 5.75 Å². The highest BCUT2D eigenvalue weighted by atomic mass is 32.2. The van der Waals surface area contributed by atoms with Crippen molar-refractivity contribution in [2.24, 2.45) is 0 Å². The summed E-state index contributed by atoms with van der Waals surface area (Å²) < 4.78 is 25.5. The van der Waals surface area contributed by atoms with Crippen molar-refractivity contribution >= 4 is 22.6 Å². The molecule has 0 amide bonds. The molecular formula is C16H20N3O2S2-. The molecule has 0 N–H and O–H groups in total. The molecule has 0 spiro atoms. The lowest BCUT2D eigenvalue weighted by Crippen LogP contribution is -2.28. The molecule has 1 aliphatic rings. The second-order valence-electron chi connectivity index (χ2n) is 5.94. The van der Waals surface area contributed by atoms with Gasteiger partial charge in [0.15, 0.2) is 5.82 Å². The minimum Gasteiger partial charge on any atom is -0.772 e. The van der Waals surface area contributed by atoms with Gasteiger partial charge >= 0.3 is 0 Å². The maximum atomic E-state index is 10.7. The van der Waals surface area contributed by atoms with Crippen molar-refractivity contribution in [3.8, 4) is 10.6 Å². The molecule has 1 fully saturated rings. The Morgan fingerprint density at radius 3 is 2.83 bits per heavy atom. The van der Waals surface area contributed by atoms with E-state index < -0.39 is 11.1 Å². The topological polar surface area (TPSA) is 69.2 Å². The van der Waals surface area contributed by atoms with Crippen LogP contribution in [0.5, 0.6) is 0 Å². The van der Waals surface area contributed by atoms with Crippen LogP contribution in [-0.4, -0.2) is 42.2 Å². The number of aromatic nitrogens is 2. The number of likely N-dealkylation sites (tertiary alicyclic amines) is 1. The van der Waals surface area contributed by atoms with Crippen LogP contribution >= 0.6 is 11.5 Å². The van der Waals surface area contributed by atoms with Crippen molar-refractivity contribution in [1.29, 1.82) is 0 Å². The lowest BCUT2D eigenvalue weighted by atomic mass is 10.1. The molecular weight excluding hydrogens is 330 g/mol. The summed E-state index contributed by atoms with van der Waals surface area (Å²) in [5, 5.41) is 0.769. The van der Waals surface area contributed by atoms with Gasteiger partial charge in [0.2, 0.25) is 0 Å². The van der Waals surface area contributed by atoms with Gasteiger partial charge in [0, 0.05) is 18.2 Å². The monoisotopic (exact) mass is 350 g/mol. The Labute approximate surface area is 143 Å². The predicted molar refractivity (Wildman–Crippen MR) is 91.9 cm³/mol. The van der Waals surface area contributed by atoms with E-state index in [4.69, 9.17) is 0 Å². The Hall–Kier alpha value is -1.15. The Balaban J connectivity index is 1.60. The SMILES string of the molecule is C[C@@H]1CCCN1CCc1ccc(-c2nc(CS(=O)[O-])ns2)cc1. The van der Waals surface area contributed by atoms with Gasteiger partial charge in [-0.05, 0) is 60.9 Å². The van der Waals surface area contributed by atoms with Crippen LogP contribution in [0.2, 0.25) is 0 Å². The molecule has 0 saturated carbocycles. The molecule has 5 nitrogen and oxygen atoms in total. The molecule has 3 rings (SSSR count). The molecule has 2 aromatic rings. The first-order chi connectivity index (χ1) is 11.1. The standard InChI is InChI=1S/C16H21N3O2S2/c1-12-3-2-9-19(12)10-8-13-4-6-14(7-5-13)16-17-15(18-22-16)11-23(20)21/h4-7,12H,2-3,8-11H2,1H3,(H,20,21)/p-1/t12-/m1/s1. The maximum Gasteiger partial charge on any atom is 0.154 e. The van der Waals surface area contributed by atoms with Crippen molar-refractivity contribution in [2.75, 3.05) is 13.1 Å². The zero-order valence-electron chi connectivity index (χ0n) is 13.1. The number of hydrogen-bond acceptors (Lipinski definition) is 6. The van der Waals surface area contributed by atoms with E-state index in [1.807, 2.05) is 12.1 Å². The second kappa shape index (κ2) is 7.61. The lowest BCUT2D eigenvalue weighted by Gasteiger charge is -2.20. The average molecular weight is 350 g/mol. The molecule has 1 unspecified atom stereocenters. The lowest BCUT2D eigenvalue weighted by molar-refractivity contribution is 0.272. The average Bonchev–Trinajstić information content (AvgIpc) is 3.14. The maximum absolute atomic E-state index is 10.7. The van der Waals surface area contributed by atoms with Crippen LogP contribution in [0.3, 0.4) is 0 Å². The summed E-state index contributed by atoms with van der Waals surface area (Å²) in [7, 11) is 0. The summed E-state index contributed by atoms with van der Waals surface area (Å²) in [6.45, 7) is 4.63. The van der Waals surface area contributed by atoms with Crippen LogP contribution in [0.15, 0.2) is 24.3 Å². The highest BCUT2D eigenvalue weighted by Gasteiger charge is 2.19. The largest absolute Gasteiger partial charge is 0.772 e. The first kappa shape index (κ1) is 16.7. The third-order valence-electron chi connectivity index (χ3n) is 4.29. The van der Waals surface area contributed by atoms with E-state index in [0.717, 1.165) is 23.5 Å². The van der Waals surface area contributed by atoms with Gasteiger partial charge in [-0.15, -0.1) is 0 Å². The van der Waals surface area contributed by atoms with Crippen molar-refractivity contribution in [1.82, 2.24) is 14.3 Å². The van der Waals surface area contributed by atoms with E-state index >= 15 is 0 Å². The number of nitrogens with zero attached hydrogens (tertiary/aromatic N) is 3. The van der Waals surface area contributed by atoms with Crippen LogP contribution in [0.1, 0.15) is 31.2 Å². The molecule has 0 bridgehead atoms. The van der Waals surface area contributed by atoms with Crippen LogP contribution in [0, 0.1) is 0 Å². The Kier molecular flexibility index (Phi) is 5.53. The van der Waals surface area contributed by atoms with Crippen LogP contribution in [0.4, 0.5) is 0 Å². The summed E-state index contributed by atoms with van der Waals surface area (Å²) in [6, 6.07) is 9.05. The van der Waals surface area contributed by atoms with Gasteiger partial charge in [-0.3, -0.25) is 4.21 Å². The number of hydrogen-bond donors (Lipinski definition) is 0. The summed E-state index contributed by atoms with van der Waals surface area (Å²) in [4.78, 5) is 6.82. The fourth-order valence-electron chi connectivity index (χ4n) is 2.95. The summed E-state index contributed by atoms with van der Waals surface area (Å²) in [6.07, 6.45) is 3.68.